The van der Waals surface area contributed by atoms with Crippen LogP contribution in [-0.4, -0.2) is 73.4 Å². The number of rotatable bonds is 53. The van der Waals surface area contributed by atoms with Gasteiger partial charge in [-0.15, -0.1) is 0 Å². The van der Waals surface area contributed by atoms with E-state index in [0.29, 0.717) is 23.9 Å². The zero-order valence-corrected chi connectivity index (χ0v) is 45.2. The number of phosphoric acid groups is 1. The molecule has 0 aliphatic rings. The minimum absolute atomic E-state index is 0.0751. The van der Waals surface area contributed by atoms with Gasteiger partial charge in [-0.1, -0.05) is 264 Å². The normalized spacial score (nSPS) is 14.0. The zero-order chi connectivity index (χ0) is 47.8. The number of nitrogens with zero attached hydrogens (tertiary/aromatic N) is 1. The first-order chi connectivity index (χ1) is 31.5. The summed E-state index contributed by atoms with van der Waals surface area (Å²) in [5, 5.41) is 14.0. The Balaban J connectivity index is 3.94. The lowest BCUT2D eigenvalue weighted by Gasteiger charge is -2.26. The molecule has 3 atom stereocenters. The molecule has 3 N–H and O–H groups in total. The Hall–Kier alpha value is -0.760. The molecule has 1 amide bonds. The van der Waals surface area contributed by atoms with E-state index in [1.54, 1.807) is 0 Å². The number of nitrogens with one attached hydrogen (secondary N) is 1. The molecule has 0 fully saturated rings. The summed E-state index contributed by atoms with van der Waals surface area (Å²) in [7, 11) is 1.62. The van der Waals surface area contributed by atoms with E-state index in [2.05, 4.69) is 31.3 Å². The minimum atomic E-state index is -4.32. The highest BCUT2D eigenvalue weighted by Gasteiger charge is 2.28. The number of carbonyl (C=O) groups excluding carboxylic acids is 1. The molecule has 65 heavy (non-hydrogen) atoms. The average molecular weight is 943 g/mol. The van der Waals surface area contributed by atoms with Crippen LogP contribution in [-0.2, 0) is 18.4 Å². The van der Waals surface area contributed by atoms with Gasteiger partial charge in [0.2, 0.25) is 5.91 Å². The van der Waals surface area contributed by atoms with Gasteiger partial charge in [-0.05, 0) is 32.1 Å². The zero-order valence-electron chi connectivity index (χ0n) is 44.3. The second-order valence-corrected chi connectivity index (χ2v) is 22.5. The van der Waals surface area contributed by atoms with Crippen molar-refractivity contribution in [2.45, 2.75) is 302 Å². The summed E-state index contributed by atoms with van der Waals surface area (Å²) in [5.74, 6) is -0.152. The summed E-state index contributed by atoms with van der Waals surface area (Å²) in [6.07, 6.45) is 58.7. The summed E-state index contributed by atoms with van der Waals surface area (Å²) < 4.78 is 23.7. The maximum absolute atomic E-state index is 12.9. The van der Waals surface area contributed by atoms with Crippen molar-refractivity contribution in [2.24, 2.45) is 0 Å². The SMILES string of the molecule is CCCC/C=C\CCCCCCCC(=O)NC(COP(=O)(O)OCC[N+](C)(C)C)C(O)CCCCCCCCCCCCCCCCCCCCCCCCCCCCCCCCCC. The summed E-state index contributed by atoms with van der Waals surface area (Å²) in [6.45, 7) is 4.87. The van der Waals surface area contributed by atoms with E-state index in [4.69, 9.17) is 9.05 Å². The van der Waals surface area contributed by atoms with Crippen LogP contribution in [0.5, 0.6) is 0 Å². The molecule has 8 nitrogen and oxygen atoms in total. The van der Waals surface area contributed by atoms with E-state index in [0.717, 1.165) is 51.4 Å². The van der Waals surface area contributed by atoms with E-state index >= 15 is 0 Å². The number of aliphatic hydroxyl groups excluding tert-OH is 1. The fraction of sp³-hybridized carbons (Fsp3) is 0.946. The highest BCUT2D eigenvalue weighted by atomic mass is 31.2. The van der Waals surface area contributed by atoms with E-state index in [1.165, 1.54) is 212 Å². The molecule has 0 saturated heterocycles. The Bertz CT molecular complexity index is 1070. The molecule has 0 rings (SSSR count). The number of quaternary nitrogens is 1. The molecular weight excluding hydrogens is 828 g/mol. The highest BCUT2D eigenvalue weighted by Crippen LogP contribution is 2.43. The van der Waals surface area contributed by atoms with Crippen LogP contribution in [0.4, 0.5) is 0 Å². The van der Waals surface area contributed by atoms with Gasteiger partial charge in [-0.3, -0.25) is 13.8 Å². The molecule has 388 valence electrons. The van der Waals surface area contributed by atoms with Crippen LogP contribution in [0.2, 0.25) is 0 Å². The highest BCUT2D eigenvalue weighted by molar-refractivity contribution is 7.47. The number of likely N-dealkylation sites (N-methyl/N-ethyl adjacent to an activating group) is 1. The van der Waals surface area contributed by atoms with E-state index < -0.39 is 20.0 Å². The van der Waals surface area contributed by atoms with Crippen LogP contribution in [0.15, 0.2) is 12.2 Å². The molecule has 0 aromatic rings. The Kier molecular flexibility index (Phi) is 47.7. The van der Waals surface area contributed by atoms with Crippen LogP contribution in [0.25, 0.3) is 0 Å². The van der Waals surface area contributed by atoms with Crippen molar-refractivity contribution >= 4 is 13.7 Å². The Morgan fingerprint density at radius 1 is 0.508 bits per heavy atom. The van der Waals surface area contributed by atoms with Gasteiger partial charge in [0.15, 0.2) is 0 Å². The minimum Gasteiger partial charge on any atom is -0.391 e. The molecule has 0 aromatic heterocycles. The lowest BCUT2D eigenvalue weighted by atomic mass is 10.0. The third-order valence-corrected chi connectivity index (χ3v) is 14.2. The number of allylic oxidation sites excluding steroid dienone is 2. The average Bonchev–Trinajstić information content (AvgIpc) is 3.26. The van der Waals surface area contributed by atoms with Crippen LogP contribution in [0.1, 0.15) is 290 Å². The standard InChI is InChI=1S/C56H113N2O6P/c1-6-8-10-12-14-16-18-19-20-21-22-23-24-25-26-27-28-29-30-31-32-33-34-35-36-37-38-40-41-43-45-47-49-55(59)54(53-64-65(61,62)63-52-51-58(3,4)5)57-56(60)50-48-46-44-42-39-17-15-13-11-9-7-2/h13,15,54-55,59H,6-12,14,16-53H2,1-5H3,(H-,57,60,61,62)/p+1/b15-13-. The van der Waals surface area contributed by atoms with Crippen molar-refractivity contribution in [3.63, 3.8) is 0 Å². The first-order valence-electron chi connectivity index (χ1n) is 28.6. The van der Waals surface area contributed by atoms with Crippen LogP contribution >= 0.6 is 7.82 Å². The Labute approximate surface area is 405 Å². The predicted octanol–water partition coefficient (Wildman–Crippen LogP) is 17.0. The van der Waals surface area contributed by atoms with Gasteiger partial charge in [0, 0.05) is 6.42 Å². The van der Waals surface area contributed by atoms with Gasteiger partial charge < -0.3 is 19.8 Å². The molecule has 0 aliphatic heterocycles. The third-order valence-electron chi connectivity index (χ3n) is 13.3. The number of hydrogen-bond donors (Lipinski definition) is 3. The number of carbonyl (C=O) groups is 1. The van der Waals surface area contributed by atoms with Gasteiger partial charge in [0.1, 0.15) is 13.2 Å². The maximum atomic E-state index is 12.9. The fourth-order valence-corrected chi connectivity index (χ4v) is 9.47. The van der Waals surface area contributed by atoms with Crippen LogP contribution < -0.4 is 5.32 Å². The van der Waals surface area contributed by atoms with Gasteiger partial charge in [0.05, 0.1) is 39.9 Å². The maximum Gasteiger partial charge on any atom is 0.472 e. The Morgan fingerprint density at radius 2 is 0.846 bits per heavy atom. The van der Waals surface area contributed by atoms with Crippen molar-refractivity contribution < 1.29 is 32.9 Å². The summed E-state index contributed by atoms with van der Waals surface area (Å²) >= 11 is 0. The number of aliphatic hydroxyl groups is 1. The topological polar surface area (TPSA) is 105 Å². The van der Waals surface area contributed by atoms with Gasteiger partial charge in [-0.2, -0.15) is 0 Å². The number of unbranched alkanes of at least 4 members (excludes halogenated alkanes) is 38. The summed E-state index contributed by atoms with van der Waals surface area (Å²) in [6, 6.07) is -0.761. The van der Waals surface area contributed by atoms with Crippen LogP contribution in [0, 0.1) is 0 Å². The van der Waals surface area contributed by atoms with Crippen molar-refractivity contribution in [3.8, 4) is 0 Å². The largest absolute Gasteiger partial charge is 0.472 e. The smallest absolute Gasteiger partial charge is 0.391 e. The third kappa shape index (κ3) is 50.9. The monoisotopic (exact) mass is 942 g/mol. The number of amides is 1. The second-order valence-electron chi connectivity index (χ2n) is 21.0. The molecule has 0 spiro atoms. The van der Waals surface area contributed by atoms with E-state index in [-0.39, 0.29) is 19.1 Å². The lowest BCUT2D eigenvalue weighted by Crippen LogP contribution is -2.46. The van der Waals surface area contributed by atoms with Crippen molar-refractivity contribution in [1.29, 1.82) is 0 Å². The first kappa shape index (κ1) is 64.2. The van der Waals surface area contributed by atoms with E-state index in [1.807, 2.05) is 21.1 Å². The van der Waals surface area contributed by atoms with Crippen molar-refractivity contribution in [3.05, 3.63) is 12.2 Å². The summed E-state index contributed by atoms with van der Waals surface area (Å²) in [5.41, 5.74) is 0. The van der Waals surface area contributed by atoms with Gasteiger partial charge in [-0.25, -0.2) is 4.57 Å². The second kappa shape index (κ2) is 48.3. The van der Waals surface area contributed by atoms with E-state index in [9.17, 15) is 19.4 Å². The molecule has 0 aromatic carbocycles. The molecule has 3 unspecified atom stereocenters. The predicted molar refractivity (Wildman–Crippen MR) is 282 cm³/mol. The van der Waals surface area contributed by atoms with Crippen molar-refractivity contribution in [2.75, 3.05) is 40.9 Å². The molecule has 0 bridgehead atoms. The van der Waals surface area contributed by atoms with Gasteiger partial charge >= 0.3 is 7.82 Å². The quantitative estimate of drug-likeness (QED) is 0.0243. The summed E-state index contributed by atoms with van der Waals surface area (Å²) in [4.78, 5) is 23.2. The molecular formula is C56H114N2O6P+. The molecule has 0 saturated carbocycles. The lowest BCUT2D eigenvalue weighted by molar-refractivity contribution is -0.870. The first-order valence-corrected chi connectivity index (χ1v) is 30.0. The fourth-order valence-electron chi connectivity index (χ4n) is 8.74. The number of hydrogen-bond acceptors (Lipinski definition) is 5. The molecule has 0 heterocycles. The van der Waals surface area contributed by atoms with Gasteiger partial charge in [0.25, 0.3) is 0 Å². The Morgan fingerprint density at radius 3 is 1.23 bits per heavy atom. The molecule has 0 radical (unpaired) electrons. The van der Waals surface area contributed by atoms with Crippen LogP contribution in [0.3, 0.4) is 0 Å². The molecule has 0 aliphatic carbocycles. The number of phosphoric ester groups is 1. The van der Waals surface area contributed by atoms with Crippen molar-refractivity contribution in [1.82, 2.24) is 5.32 Å². The molecule has 9 heteroatoms.